The molecule has 0 aliphatic rings. The lowest BCUT2D eigenvalue weighted by Gasteiger charge is -2.07. The Morgan fingerprint density at radius 2 is 2.09 bits per heavy atom. The van der Waals surface area contributed by atoms with Gasteiger partial charge in [0.05, 0.1) is 6.33 Å². The summed E-state index contributed by atoms with van der Waals surface area (Å²) < 4.78 is 19.2. The SMILES string of the molecule is CCn1c(=O)c2c(ncn2CCCCO[P+](=O)O)n(C)c1=O. The van der Waals surface area contributed by atoms with Crippen molar-refractivity contribution in [3.8, 4) is 0 Å². The van der Waals surface area contributed by atoms with Crippen molar-refractivity contribution in [3.63, 3.8) is 0 Å². The largest absolute Gasteiger partial charge is 0.694 e. The summed E-state index contributed by atoms with van der Waals surface area (Å²) in [7, 11) is -0.988. The maximum absolute atomic E-state index is 12.4. The van der Waals surface area contributed by atoms with Gasteiger partial charge in [-0.2, -0.15) is 0 Å². The summed E-state index contributed by atoms with van der Waals surface area (Å²) in [5, 5.41) is 0. The van der Waals surface area contributed by atoms with Gasteiger partial charge < -0.3 is 4.57 Å². The highest BCUT2D eigenvalue weighted by atomic mass is 31.1. The van der Waals surface area contributed by atoms with E-state index in [1.165, 1.54) is 15.5 Å². The van der Waals surface area contributed by atoms with Crippen molar-refractivity contribution in [1.82, 2.24) is 18.7 Å². The number of hydrogen-bond donors (Lipinski definition) is 1. The van der Waals surface area contributed by atoms with Gasteiger partial charge in [-0.3, -0.25) is 13.9 Å². The number of rotatable bonds is 7. The summed E-state index contributed by atoms with van der Waals surface area (Å²) in [4.78, 5) is 37.1. The number of fused-ring (bicyclic) bond motifs is 1. The minimum Gasteiger partial charge on any atom is -0.325 e. The summed E-state index contributed by atoms with van der Waals surface area (Å²) in [6.07, 6.45) is 2.76. The highest BCUT2D eigenvalue weighted by molar-refractivity contribution is 7.32. The highest BCUT2D eigenvalue weighted by Gasteiger charge is 2.15. The van der Waals surface area contributed by atoms with E-state index < -0.39 is 8.25 Å². The third kappa shape index (κ3) is 3.16. The number of unbranched alkanes of at least 4 members (excludes halogenated alkanes) is 1. The van der Waals surface area contributed by atoms with Gasteiger partial charge in [0.15, 0.2) is 11.2 Å². The zero-order chi connectivity index (χ0) is 16.3. The van der Waals surface area contributed by atoms with Crippen molar-refractivity contribution in [1.29, 1.82) is 0 Å². The summed E-state index contributed by atoms with van der Waals surface area (Å²) >= 11 is 0. The smallest absolute Gasteiger partial charge is 0.325 e. The standard InChI is InChI=1S/C12H17N4O5P/c1-3-16-11(17)9-10(14(2)12(16)18)13-8-15(9)6-4-5-7-21-22(19)20/h8H,3-7H2,1-2H3/p+1. The van der Waals surface area contributed by atoms with E-state index in [0.29, 0.717) is 37.1 Å². The zero-order valence-electron chi connectivity index (χ0n) is 12.4. The molecule has 2 aromatic heterocycles. The fourth-order valence-electron chi connectivity index (χ4n) is 2.30. The Morgan fingerprint density at radius 1 is 1.36 bits per heavy atom. The highest BCUT2D eigenvalue weighted by Crippen LogP contribution is 2.15. The maximum Gasteiger partial charge on any atom is 0.694 e. The number of imidazole rings is 1. The molecule has 0 aliphatic carbocycles. The Kier molecular flexibility index (Phi) is 5.23. The molecule has 1 unspecified atom stereocenters. The van der Waals surface area contributed by atoms with Gasteiger partial charge in [0.2, 0.25) is 0 Å². The van der Waals surface area contributed by atoms with Crippen molar-refractivity contribution in [3.05, 3.63) is 27.2 Å². The summed E-state index contributed by atoms with van der Waals surface area (Å²) in [5.74, 6) is 0. The molecule has 2 rings (SSSR count). The lowest BCUT2D eigenvalue weighted by Crippen LogP contribution is -2.39. The molecule has 0 radical (unpaired) electrons. The monoisotopic (exact) mass is 329 g/mol. The molecule has 0 aromatic carbocycles. The maximum atomic E-state index is 12.4. The summed E-state index contributed by atoms with van der Waals surface area (Å²) in [5.41, 5.74) is 0.00525. The molecule has 10 heteroatoms. The van der Waals surface area contributed by atoms with Crippen LogP contribution in [-0.4, -0.2) is 30.2 Å². The van der Waals surface area contributed by atoms with Gasteiger partial charge in [-0.05, 0) is 19.8 Å². The van der Waals surface area contributed by atoms with Crippen LogP contribution in [0.1, 0.15) is 19.8 Å². The average Bonchev–Trinajstić information content (AvgIpc) is 2.89. The van der Waals surface area contributed by atoms with E-state index in [-0.39, 0.29) is 17.9 Å². The van der Waals surface area contributed by atoms with Crippen LogP contribution in [0.25, 0.3) is 11.2 Å². The Hall–Kier alpha value is -1.83. The van der Waals surface area contributed by atoms with Crippen molar-refractivity contribution in [2.45, 2.75) is 32.9 Å². The first-order valence-electron chi connectivity index (χ1n) is 6.91. The van der Waals surface area contributed by atoms with E-state index in [1.807, 2.05) is 0 Å². The Labute approximate surface area is 126 Å². The molecule has 0 saturated carbocycles. The van der Waals surface area contributed by atoms with E-state index >= 15 is 0 Å². The fourth-order valence-corrected chi connectivity index (χ4v) is 2.58. The van der Waals surface area contributed by atoms with Gasteiger partial charge in [-0.25, -0.2) is 9.78 Å². The van der Waals surface area contributed by atoms with Crippen molar-refractivity contribution < 1.29 is 14.0 Å². The van der Waals surface area contributed by atoms with Crippen LogP contribution in [0.5, 0.6) is 0 Å². The molecule has 22 heavy (non-hydrogen) atoms. The predicted octanol–water partition coefficient (Wildman–Crippen LogP) is 0.363. The lowest BCUT2D eigenvalue weighted by molar-refractivity contribution is 0.273. The first-order valence-corrected chi connectivity index (χ1v) is 8.04. The molecule has 0 aliphatic heterocycles. The first-order chi connectivity index (χ1) is 10.5. The molecule has 2 heterocycles. The predicted molar refractivity (Wildman–Crippen MR) is 79.9 cm³/mol. The van der Waals surface area contributed by atoms with Crippen LogP contribution in [0.4, 0.5) is 0 Å². The van der Waals surface area contributed by atoms with Crippen molar-refractivity contribution >= 4 is 19.4 Å². The molecule has 0 spiro atoms. The molecule has 0 saturated heterocycles. The topological polar surface area (TPSA) is 108 Å². The van der Waals surface area contributed by atoms with Crippen molar-refractivity contribution in [2.24, 2.45) is 7.05 Å². The third-order valence-electron chi connectivity index (χ3n) is 3.41. The van der Waals surface area contributed by atoms with Gasteiger partial charge in [-0.15, -0.1) is 9.42 Å². The number of hydrogen-bond acceptors (Lipinski definition) is 5. The van der Waals surface area contributed by atoms with Crippen LogP contribution in [0, 0.1) is 0 Å². The normalized spacial score (nSPS) is 12.0. The van der Waals surface area contributed by atoms with Crippen molar-refractivity contribution in [2.75, 3.05) is 6.61 Å². The van der Waals surface area contributed by atoms with Crippen LogP contribution >= 0.6 is 8.25 Å². The second-order valence-electron chi connectivity index (χ2n) is 4.78. The second kappa shape index (κ2) is 6.95. The van der Waals surface area contributed by atoms with Gasteiger partial charge >= 0.3 is 13.9 Å². The Morgan fingerprint density at radius 3 is 2.73 bits per heavy atom. The lowest BCUT2D eigenvalue weighted by atomic mass is 10.3. The summed E-state index contributed by atoms with van der Waals surface area (Å²) in [6, 6.07) is 0. The van der Waals surface area contributed by atoms with E-state index in [0.717, 1.165) is 0 Å². The Balaban J connectivity index is 2.25. The molecule has 0 fully saturated rings. The van der Waals surface area contributed by atoms with Gasteiger partial charge in [0, 0.05) is 24.7 Å². The molecule has 1 atom stereocenters. The number of aryl methyl sites for hydroxylation is 2. The second-order valence-corrected chi connectivity index (χ2v) is 5.51. The van der Waals surface area contributed by atoms with Gasteiger partial charge in [0.1, 0.15) is 6.61 Å². The third-order valence-corrected chi connectivity index (χ3v) is 3.82. The molecule has 120 valence electrons. The van der Waals surface area contributed by atoms with E-state index in [2.05, 4.69) is 9.51 Å². The fraction of sp³-hybridized carbons (Fsp3) is 0.583. The summed E-state index contributed by atoms with van der Waals surface area (Å²) in [6.45, 7) is 2.72. The van der Waals surface area contributed by atoms with E-state index in [9.17, 15) is 14.2 Å². The van der Waals surface area contributed by atoms with Gasteiger partial charge in [0.25, 0.3) is 5.56 Å². The van der Waals surface area contributed by atoms with Crippen LogP contribution in [0.3, 0.4) is 0 Å². The Bertz CT molecular complexity index is 806. The van der Waals surface area contributed by atoms with Crippen LogP contribution in [0.15, 0.2) is 15.9 Å². The van der Waals surface area contributed by atoms with Crippen LogP contribution in [0.2, 0.25) is 0 Å². The first kappa shape index (κ1) is 16.5. The number of nitrogens with zero attached hydrogens (tertiary/aromatic N) is 4. The van der Waals surface area contributed by atoms with E-state index in [1.54, 1.807) is 18.5 Å². The van der Waals surface area contributed by atoms with Gasteiger partial charge in [-0.1, -0.05) is 0 Å². The molecule has 0 bridgehead atoms. The molecule has 2 aromatic rings. The molecule has 0 amide bonds. The average molecular weight is 329 g/mol. The number of aromatic nitrogens is 4. The molecular formula is C12H18N4O5P+. The zero-order valence-corrected chi connectivity index (χ0v) is 13.3. The minimum atomic E-state index is -2.57. The molecule has 1 N–H and O–H groups in total. The van der Waals surface area contributed by atoms with Crippen LogP contribution in [-0.2, 0) is 29.2 Å². The quantitative estimate of drug-likeness (QED) is 0.580. The van der Waals surface area contributed by atoms with Crippen LogP contribution < -0.4 is 11.2 Å². The van der Waals surface area contributed by atoms with E-state index in [4.69, 9.17) is 4.89 Å². The molecule has 9 nitrogen and oxygen atoms in total. The minimum absolute atomic E-state index is 0.177. The molecular weight excluding hydrogens is 311 g/mol.